The van der Waals surface area contributed by atoms with Crippen LogP contribution in [-0.4, -0.2) is 230 Å². The van der Waals surface area contributed by atoms with Gasteiger partial charge in [-0.05, 0) is 134 Å². The molecular formula is C63H118N26O16. The molecule has 596 valence electrons. The van der Waals surface area contributed by atoms with Crippen LogP contribution in [0.1, 0.15) is 163 Å². The zero-order chi connectivity index (χ0) is 79.7. The number of rotatable bonds is 56. The van der Waals surface area contributed by atoms with Gasteiger partial charge in [0.25, 0.3) is 0 Å². The topological polar surface area (TPSA) is 723 Å². The summed E-state index contributed by atoms with van der Waals surface area (Å²) in [6.07, 6.45) is -0.307. The fourth-order valence-corrected chi connectivity index (χ4v) is 10.3. The largest absolute Gasteiger partial charge is 0.481 e. The molecule has 0 aromatic heterocycles. The van der Waals surface area contributed by atoms with Gasteiger partial charge in [-0.25, -0.2) is 0 Å². The number of likely N-dealkylation sites (N-methyl/N-ethyl adjacent to an activating group) is 1. The van der Waals surface area contributed by atoms with E-state index < -0.39 is 193 Å². The maximum Gasteiger partial charge on any atom is 0.303 e. The lowest BCUT2D eigenvalue weighted by atomic mass is 9.96. The van der Waals surface area contributed by atoms with Crippen LogP contribution < -0.4 is 119 Å². The van der Waals surface area contributed by atoms with Crippen LogP contribution in [0, 0.1) is 33.5 Å². The summed E-state index contributed by atoms with van der Waals surface area (Å²) in [5.74, 6) is -15.8. The van der Waals surface area contributed by atoms with E-state index in [4.69, 9.17) is 56.0 Å². The lowest BCUT2D eigenvalue weighted by Gasteiger charge is -2.29. The Morgan fingerprint density at radius 3 is 0.962 bits per heavy atom. The SMILES string of the molecule is CC[C@H](C)[C@H](NC(=O)[C@H](CCCNC(=N)N)NC(=O)[C@H](CCC(=O)O)NC(=O)[C@H](CCCCN)NC(C)=O)C(=O)N[C@@H](CCC(=O)O)C(=O)NCC(=O)N[C@@H](CC(C)C)C(=O)N[C@@H](CCCNC(=N)N)C(=O)N[C@@H](CCCCN)C(=O)N[C@@H](CCCNC(=N)N)C(=O)N[C@@H](CCCNC(=N)N)C(=O)NC. The van der Waals surface area contributed by atoms with E-state index in [0.29, 0.717) is 19.3 Å². The number of amides is 12. The molecule has 0 bridgehead atoms. The molecule has 0 unspecified atom stereocenters. The Morgan fingerprint density at radius 2 is 0.657 bits per heavy atom. The summed E-state index contributed by atoms with van der Waals surface area (Å²) < 4.78 is 0. The highest BCUT2D eigenvalue weighted by molar-refractivity contribution is 5.99. The van der Waals surface area contributed by atoms with Crippen LogP contribution in [0.15, 0.2) is 0 Å². The summed E-state index contributed by atoms with van der Waals surface area (Å²) >= 11 is 0. The third-order valence-electron chi connectivity index (χ3n) is 16.1. The first-order valence-electron chi connectivity index (χ1n) is 35.1. The van der Waals surface area contributed by atoms with Crippen LogP contribution in [-0.2, 0) is 67.1 Å². The van der Waals surface area contributed by atoms with Crippen molar-refractivity contribution in [3.8, 4) is 0 Å². The number of carboxylic acid groups (broad SMARTS) is 2. The van der Waals surface area contributed by atoms with Gasteiger partial charge in [0.2, 0.25) is 70.9 Å². The number of unbranched alkanes of at least 4 members (excludes halogenated alkanes) is 2. The Balaban J connectivity index is 7.09. The Hall–Kier alpha value is -10.4. The van der Waals surface area contributed by atoms with Gasteiger partial charge < -0.3 is 130 Å². The average Bonchev–Trinajstić information content (AvgIpc) is 0.874. The average molecular weight is 1500 g/mol. The van der Waals surface area contributed by atoms with Crippen LogP contribution in [0.3, 0.4) is 0 Å². The monoisotopic (exact) mass is 1490 g/mol. The van der Waals surface area contributed by atoms with Gasteiger partial charge in [0.05, 0.1) is 6.54 Å². The predicted molar refractivity (Wildman–Crippen MR) is 387 cm³/mol. The molecular weight excluding hydrogens is 1380 g/mol. The van der Waals surface area contributed by atoms with E-state index in [9.17, 15) is 77.3 Å². The van der Waals surface area contributed by atoms with Crippen LogP contribution >= 0.6 is 0 Å². The van der Waals surface area contributed by atoms with Gasteiger partial charge in [0.15, 0.2) is 23.8 Å². The number of hydrogen-bond acceptors (Lipinski definition) is 20. The maximum atomic E-state index is 14.5. The molecule has 0 aliphatic rings. The zero-order valence-corrected chi connectivity index (χ0v) is 61.1. The molecule has 11 atom stereocenters. The number of nitrogens with one attached hydrogen (secondary N) is 20. The fraction of sp³-hybridized carbons (Fsp3) is 0.714. The Kier molecular flexibility index (Phi) is 48.1. The van der Waals surface area contributed by atoms with E-state index in [-0.39, 0.29) is 141 Å². The minimum absolute atomic E-state index is 0.00626. The summed E-state index contributed by atoms with van der Waals surface area (Å²) in [5.41, 5.74) is 33.2. The first kappa shape index (κ1) is 94.6. The van der Waals surface area contributed by atoms with Gasteiger partial charge in [-0.15, -0.1) is 0 Å². The minimum Gasteiger partial charge on any atom is -0.481 e. The van der Waals surface area contributed by atoms with Gasteiger partial charge in [0, 0.05) is 53.0 Å². The van der Waals surface area contributed by atoms with Gasteiger partial charge in [-0.3, -0.25) is 88.8 Å². The highest BCUT2D eigenvalue weighted by atomic mass is 16.4. The van der Waals surface area contributed by atoms with E-state index in [1.54, 1.807) is 27.7 Å². The van der Waals surface area contributed by atoms with Crippen molar-refractivity contribution in [1.82, 2.24) is 85.1 Å². The molecule has 0 aromatic carbocycles. The number of carbonyl (C=O) groups excluding carboxylic acids is 12. The Bertz CT molecular complexity index is 2890. The number of carboxylic acids is 2. The summed E-state index contributed by atoms with van der Waals surface area (Å²) in [7, 11) is 1.36. The van der Waals surface area contributed by atoms with Crippen molar-refractivity contribution in [2.45, 2.75) is 223 Å². The number of nitrogens with two attached hydrogens (primary N) is 6. The second-order valence-electron chi connectivity index (χ2n) is 25.5. The molecule has 0 aliphatic heterocycles. The van der Waals surface area contributed by atoms with Crippen molar-refractivity contribution in [1.29, 1.82) is 21.6 Å². The summed E-state index contributed by atoms with van der Waals surface area (Å²) in [5, 5.41) is 90.3. The standard InChI is InChI=1S/C63H118N26O16/c1-7-35(4)49(89-57(103)42(21-15-31-78-63(72)73)85-56(102)44(23-25-48(94)95)87-52(98)38(80-36(5)90)16-8-10-26-64)59(105)88-43(22-24-47(92)93)51(97)79-33-46(91)81-45(32-34(2)3)58(104)86-41(20-14-30-77-62(70)71)55(101)83-39(17-9-11-27-65)53(99)84-40(19-13-29-76-61(68)69)54(100)82-37(50(96)74-6)18-12-28-75-60(66)67/h34-35,37-45,49H,7-33,64-65H2,1-6H3,(H,74,96)(H,79,97)(H,80,90)(H,81,91)(H,82,100)(H,83,101)(H,84,99)(H,85,102)(H,86,104)(H,87,98)(H,88,105)(H,89,103)(H,92,93)(H,94,95)(H4,66,67,75)(H4,68,69,76)(H4,70,71,77)(H4,72,73,78)/t35-,37-,38-,39-,40-,41-,42-,43-,44-,45-,49-/m0/s1. The fourth-order valence-electron chi connectivity index (χ4n) is 10.3. The molecule has 42 nitrogen and oxygen atoms in total. The lowest BCUT2D eigenvalue weighted by Crippen LogP contribution is -2.60. The van der Waals surface area contributed by atoms with Crippen LogP contribution in [0.4, 0.5) is 0 Å². The molecule has 34 N–H and O–H groups in total. The van der Waals surface area contributed by atoms with Crippen molar-refractivity contribution in [3.63, 3.8) is 0 Å². The highest BCUT2D eigenvalue weighted by Gasteiger charge is 2.37. The highest BCUT2D eigenvalue weighted by Crippen LogP contribution is 2.14. The maximum absolute atomic E-state index is 14.5. The molecule has 0 saturated heterocycles. The molecule has 105 heavy (non-hydrogen) atoms. The molecule has 42 heteroatoms. The van der Waals surface area contributed by atoms with E-state index in [1.165, 1.54) is 14.0 Å². The van der Waals surface area contributed by atoms with E-state index in [1.807, 2.05) is 0 Å². The molecule has 0 fully saturated rings. The minimum atomic E-state index is -1.70. The Labute approximate surface area is 611 Å². The van der Waals surface area contributed by atoms with Crippen molar-refractivity contribution in [3.05, 3.63) is 0 Å². The van der Waals surface area contributed by atoms with Gasteiger partial charge in [-0.1, -0.05) is 34.1 Å². The third kappa shape index (κ3) is 43.3. The van der Waals surface area contributed by atoms with Gasteiger partial charge >= 0.3 is 11.9 Å². The predicted octanol–water partition coefficient (Wildman–Crippen LogP) is -7.15. The quantitative estimate of drug-likeness (QED) is 0.0153. The molecule has 0 heterocycles. The van der Waals surface area contributed by atoms with Gasteiger partial charge in [-0.2, -0.15) is 0 Å². The first-order chi connectivity index (χ1) is 49.5. The lowest BCUT2D eigenvalue weighted by molar-refractivity contribution is -0.139. The number of hydrogen-bond donors (Lipinski definition) is 28. The first-order valence-corrected chi connectivity index (χ1v) is 35.1. The van der Waals surface area contributed by atoms with Crippen LogP contribution in [0.2, 0.25) is 0 Å². The zero-order valence-electron chi connectivity index (χ0n) is 61.1. The summed E-state index contributed by atoms with van der Waals surface area (Å²) in [6, 6.07) is -14.2. The smallest absolute Gasteiger partial charge is 0.303 e. The molecule has 12 amide bonds. The molecule has 0 aliphatic carbocycles. The second-order valence-corrected chi connectivity index (χ2v) is 25.5. The molecule has 0 spiro atoms. The Morgan fingerprint density at radius 1 is 0.362 bits per heavy atom. The van der Waals surface area contributed by atoms with Crippen molar-refractivity contribution in [2.75, 3.05) is 52.9 Å². The van der Waals surface area contributed by atoms with E-state index in [2.05, 4.69) is 85.1 Å². The van der Waals surface area contributed by atoms with E-state index in [0.717, 1.165) is 0 Å². The third-order valence-corrected chi connectivity index (χ3v) is 16.1. The number of aliphatic carboxylic acids is 2. The summed E-state index contributed by atoms with van der Waals surface area (Å²) in [4.78, 5) is 190. The number of carbonyl (C=O) groups is 14. The number of guanidine groups is 4. The van der Waals surface area contributed by atoms with Crippen molar-refractivity contribution < 1.29 is 77.3 Å². The van der Waals surface area contributed by atoms with Gasteiger partial charge in [0.1, 0.15) is 60.4 Å². The second kappa shape index (κ2) is 53.4. The molecule has 0 rings (SSSR count). The normalized spacial score (nSPS) is 14.0. The van der Waals surface area contributed by atoms with E-state index >= 15 is 0 Å². The van der Waals surface area contributed by atoms with Crippen molar-refractivity contribution in [2.24, 2.45) is 46.2 Å². The summed E-state index contributed by atoms with van der Waals surface area (Å²) in [6.45, 7) is 7.77. The van der Waals surface area contributed by atoms with Crippen LogP contribution in [0.25, 0.3) is 0 Å². The molecule has 0 aromatic rings. The molecule has 0 saturated carbocycles. The van der Waals surface area contributed by atoms with Crippen molar-refractivity contribution >= 4 is 107 Å². The van der Waals surface area contributed by atoms with Crippen LogP contribution in [0.5, 0.6) is 0 Å². The molecule has 0 radical (unpaired) electrons.